The first kappa shape index (κ1) is 21.6. The molecule has 0 unspecified atom stereocenters. The number of aliphatic hydroxyl groups excluding tert-OH is 1. The molecule has 7 nitrogen and oxygen atoms in total. The third kappa shape index (κ3) is 5.49. The number of hydrogen-bond donors (Lipinski definition) is 3. The molecular formula is C20H20Br2N4O3. The Kier molecular flexibility index (Phi) is 7.15. The molecule has 29 heavy (non-hydrogen) atoms. The molecule has 0 amide bonds. The maximum absolute atomic E-state index is 11.2. The number of carboxylic acids is 1. The number of nitrogens with zero attached hydrogens (tertiary/aromatic N) is 3. The predicted molar refractivity (Wildman–Crippen MR) is 119 cm³/mol. The summed E-state index contributed by atoms with van der Waals surface area (Å²) in [6.45, 7) is 1.95. The van der Waals surface area contributed by atoms with Gasteiger partial charge in [-0.05, 0) is 69.5 Å². The van der Waals surface area contributed by atoms with Crippen LogP contribution in [0, 0.1) is 0 Å². The number of carboxylic acid groups (broad SMARTS) is 1. The first-order valence-corrected chi connectivity index (χ1v) is 10.6. The topological polar surface area (TPSA) is 107 Å². The van der Waals surface area contributed by atoms with Gasteiger partial charge >= 0.3 is 5.97 Å². The Morgan fingerprint density at radius 3 is 2.69 bits per heavy atom. The number of aliphatic carboxylic acids is 1. The largest absolute Gasteiger partial charge is 0.481 e. The third-order valence-corrected chi connectivity index (χ3v) is 6.10. The maximum Gasteiger partial charge on any atom is 0.303 e. The Bertz CT molecular complexity index is 962. The van der Waals surface area contributed by atoms with Crippen molar-refractivity contribution in [3.63, 3.8) is 0 Å². The number of nitrogens with one attached hydrogen (secondary N) is 1. The van der Waals surface area contributed by atoms with Crippen LogP contribution in [-0.2, 0) is 4.79 Å². The van der Waals surface area contributed by atoms with Crippen molar-refractivity contribution in [2.24, 2.45) is 9.98 Å². The average Bonchev–Trinajstić information content (AvgIpc) is 2.82. The Morgan fingerprint density at radius 1 is 1.28 bits per heavy atom. The van der Waals surface area contributed by atoms with Gasteiger partial charge in [0.05, 0.1) is 23.2 Å². The Balaban J connectivity index is 2.16. The van der Waals surface area contributed by atoms with Crippen molar-refractivity contribution in [1.82, 2.24) is 10.3 Å². The van der Waals surface area contributed by atoms with E-state index in [1.54, 1.807) is 13.1 Å². The molecule has 2 aromatic rings. The second-order valence-electron chi connectivity index (χ2n) is 6.65. The molecule has 3 N–H and O–H groups in total. The smallest absolute Gasteiger partial charge is 0.303 e. The molecule has 0 bridgehead atoms. The number of aromatic nitrogens is 1. The first-order valence-electron chi connectivity index (χ1n) is 9.06. The van der Waals surface area contributed by atoms with Gasteiger partial charge in [0.1, 0.15) is 11.9 Å². The third-order valence-electron chi connectivity index (χ3n) is 4.25. The zero-order chi connectivity index (χ0) is 21.0. The molecule has 1 aromatic heterocycles. The fourth-order valence-electron chi connectivity index (χ4n) is 2.89. The van der Waals surface area contributed by atoms with E-state index in [4.69, 9.17) is 9.98 Å². The van der Waals surface area contributed by atoms with Gasteiger partial charge in [0.2, 0.25) is 0 Å². The minimum atomic E-state index is -0.901. The zero-order valence-electron chi connectivity index (χ0n) is 15.6. The number of hydrogen-bond acceptors (Lipinski definition) is 6. The van der Waals surface area contributed by atoms with E-state index in [1.807, 2.05) is 30.3 Å². The molecule has 0 fully saturated rings. The lowest BCUT2D eigenvalue weighted by Crippen LogP contribution is -2.38. The van der Waals surface area contributed by atoms with Gasteiger partial charge in [0.25, 0.3) is 0 Å². The highest BCUT2D eigenvalue weighted by molar-refractivity contribution is 9.13. The zero-order valence-corrected chi connectivity index (χ0v) is 18.8. The number of fused-ring (bicyclic) bond motifs is 1. The lowest BCUT2D eigenvalue weighted by Gasteiger charge is -2.17. The number of halogens is 2. The van der Waals surface area contributed by atoms with Crippen LogP contribution in [-0.4, -0.2) is 51.4 Å². The van der Waals surface area contributed by atoms with E-state index in [2.05, 4.69) is 42.2 Å². The van der Waals surface area contributed by atoms with Crippen molar-refractivity contribution < 1.29 is 15.0 Å². The van der Waals surface area contributed by atoms with E-state index in [1.165, 1.54) is 0 Å². The number of pyridine rings is 1. The standard InChI is InChI=1S/C20H20Br2N4O3/c1-11(27)10-24-20-16(5-6-18(28)29)25-19(15-4-2-3-7-23-15)12-8-13(21)14(22)9-17(12)26-20/h2-4,7-9,11,16,27H,5-6,10H2,1H3,(H,24,26)(H,28,29)/t11-,16-/m0/s1. The lowest BCUT2D eigenvalue weighted by molar-refractivity contribution is -0.137. The summed E-state index contributed by atoms with van der Waals surface area (Å²) in [5.41, 5.74) is 2.78. The summed E-state index contributed by atoms with van der Waals surface area (Å²) in [6, 6.07) is 8.85. The minimum Gasteiger partial charge on any atom is -0.481 e. The highest BCUT2D eigenvalue weighted by atomic mass is 79.9. The molecule has 9 heteroatoms. The second-order valence-corrected chi connectivity index (χ2v) is 8.36. The number of benzene rings is 1. The van der Waals surface area contributed by atoms with Crippen LogP contribution in [0.2, 0.25) is 0 Å². The summed E-state index contributed by atoms with van der Waals surface area (Å²) in [4.78, 5) is 25.3. The molecule has 1 aliphatic heterocycles. The van der Waals surface area contributed by atoms with Gasteiger partial charge < -0.3 is 15.5 Å². The van der Waals surface area contributed by atoms with Gasteiger partial charge in [-0.25, -0.2) is 4.99 Å². The van der Waals surface area contributed by atoms with Crippen molar-refractivity contribution in [2.75, 3.05) is 6.54 Å². The molecule has 152 valence electrons. The van der Waals surface area contributed by atoms with Crippen LogP contribution in [0.15, 0.2) is 55.5 Å². The SMILES string of the molecule is C[C@H](O)CNC1=Nc2cc(Br)c(Br)cc2C(c2ccccn2)=N[C@H]1CCC(=O)O. The van der Waals surface area contributed by atoms with Crippen molar-refractivity contribution in [1.29, 1.82) is 0 Å². The van der Waals surface area contributed by atoms with Gasteiger partial charge in [-0.1, -0.05) is 6.07 Å². The Hall–Kier alpha value is -2.10. The van der Waals surface area contributed by atoms with Crippen LogP contribution in [0.1, 0.15) is 31.0 Å². The molecule has 2 heterocycles. The van der Waals surface area contributed by atoms with Crippen LogP contribution in [0.3, 0.4) is 0 Å². The Morgan fingerprint density at radius 2 is 2.03 bits per heavy atom. The fraction of sp³-hybridized carbons (Fsp3) is 0.300. The van der Waals surface area contributed by atoms with E-state index in [-0.39, 0.29) is 19.4 Å². The molecule has 0 saturated carbocycles. The summed E-state index contributed by atoms with van der Waals surface area (Å²) in [6.07, 6.45) is 1.32. The normalized spacial score (nSPS) is 16.9. The summed E-state index contributed by atoms with van der Waals surface area (Å²) in [7, 11) is 0. The number of aliphatic hydroxyl groups is 1. The van der Waals surface area contributed by atoms with Crippen LogP contribution in [0.25, 0.3) is 0 Å². The van der Waals surface area contributed by atoms with Crippen molar-refractivity contribution in [3.8, 4) is 0 Å². The predicted octanol–water partition coefficient (Wildman–Crippen LogP) is 3.69. The lowest BCUT2D eigenvalue weighted by atomic mass is 10.0. The molecule has 0 radical (unpaired) electrons. The summed E-state index contributed by atoms with van der Waals surface area (Å²) < 4.78 is 1.68. The summed E-state index contributed by atoms with van der Waals surface area (Å²) in [5, 5.41) is 22.0. The van der Waals surface area contributed by atoms with E-state index >= 15 is 0 Å². The van der Waals surface area contributed by atoms with E-state index < -0.39 is 18.1 Å². The first-order chi connectivity index (χ1) is 13.8. The quantitative estimate of drug-likeness (QED) is 0.535. The van der Waals surface area contributed by atoms with Crippen LogP contribution >= 0.6 is 31.9 Å². The monoisotopic (exact) mass is 522 g/mol. The molecule has 2 atom stereocenters. The maximum atomic E-state index is 11.2. The molecular weight excluding hydrogens is 504 g/mol. The highest BCUT2D eigenvalue weighted by Crippen LogP contribution is 2.35. The summed E-state index contributed by atoms with van der Waals surface area (Å²) in [5.74, 6) is -0.379. The molecule has 0 spiro atoms. The van der Waals surface area contributed by atoms with Gasteiger partial charge in [0, 0.05) is 33.7 Å². The van der Waals surface area contributed by atoms with Crippen LogP contribution in [0.4, 0.5) is 5.69 Å². The number of carbonyl (C=O) groups is 1. The van der Waals surface area contributed by atoms with E-state index in [0.717, 1.165) is 14.5 Å². The Labute approximate surface area is 185 Å². The molecule has 1 aromatic carbocycles. The molecule has 1 aliphatic rings. The van der Waals surface area contributed by atoms with Gasteiger partial charge in [-0.3, -0.25) is 14.8 Å². The highest BCUT2D eigenvalue weighted by Gasteiger charge is 2.25. The van der Waals surface area contributed by atoms with Gasteiger partial charge in [-0.15, -0.1) is 0 Å². The van der Waals surface area contributed by atoms with Crippen molar-refractivity contribution >= 4 is 55.1 Å². The van der Waals surface area contributed by atoms with Crippen molar-refractivity contribution in [2.45, 2.75) is 31.9 Å². The average molecular weight is 524 g/mol. The van der Waals surface area contributed by atoms with Crippen molar-refractivity contribution in [3.05, 3.63) is 56.7 Å². The van der Waals surface area contributed by atoms with E-state index in [0.29, 0.717) is 22.9 Å². The summed E-state index contributed by atoms with van der Waals surface area (Å²) >= 11 is 7.05. The number of amidine groups is 1. The van der Waals surface area contributed by atoms with Gasteiger partial charge in [-0.2, -0.15) is 0 Å². The fourth-order valence-corrected chi connectivity index (χ4v) is 3.56. The molecule has 0 aliphatic carbocycles. The molecule has 0 saturated heterocycles. The number of aliphatic imine (C=N–C) groups is 2. The number of rotatable bonds is 6. The minimum absolute atomic E-state index is 0.0528. The van der Waals surface area contributed by atoms with Crippen LogP contribution < -0.4 is 5.32 Å². The second kappa shape index (κ2) is 9.60. The van der Waals surface area contributed by atoms with E-state index in [9.17, 15) is 15.0 Å². The van der Waals surface area contributed by atoms with Gasteiger partial charge in [0.15, 0.2) is 0 Å². The molecule has 3 rings (SSSR count). The van der Waals surface area contributed by atoms with Crippen LogP contribution in [0.5, 0.6) is 0 Å².